The van der Waals surface area contributed by atoms with E-state index in [2.05, 4.69) is 15.5 Å². The van der Waals surface area contributed by atoms with Gasteiger partial charge in [-0.2, -0.15) is 0 Å². The highest BCUT2D eigenvalue weighted by Gasteiger charge is 2.24. The summed E-state index contributed by atoms with van der Waals surface area (Å²) in [7, 11) is 1.64. The Kier molecular flexibility index (Phi) is 7.37. The zero-order valence-corrected chi connectivity index (χ0v) is 19.8. The Bertz CT molecular complexity index is 1060. The molecular formula is C24H27ClN4O2S. The van der Waals surface area contributed by atoms with E-state index in [1.807, 2.05) is 60.0 Å². The molecule has 1 atom stereocenters. The second-order valence-electron chi connectivity index (χ2n) is 7.92. The van der Waals surface area contributed by atoms with Crippen molar-refractivity contribution < 1.29 is 9.53 Å². The second kappa shape index (κ2) is 10.4. The number of rotatable bonds is 7. The summed E-state index contributed by atoms with van der Waals surface area (Å²) in [5.41, 5.74) is 1.65. The fraction of sp³-hybridized carbons (Fsp3) is 0.375. The van der Waals surface area contributed by atoms with Gasteiger partial charge in [0.15, 0.2) is 11.0 Å². The monoisotopic (exact) mass is 470 g/mol. The lowest BCUT2D eigenvalue weighted by atomic mass is 9.95. The average molecular weight is 471 g/mol. The van der Waals surface area contributed by atoms with Gasteiger partial charge in [0.1, 0.15) is 5.75 Å². The van der Waals surface area contributed by atoms with E-state index in [0.717, 1.165) is 29.8 Å². The molecule has 0 saturated heterocycles. The quantitative estimate of drug-likeness (QED) is 0.460. The molecule has 6 nitrogen and oxygen atoms in total. The Morgan fingerprint density at radius 2 is 1.84 bits per heavy atom. The minimum absolute atomic E-state index is 0.0328. The highest BCUT2D eigenvalue weighted by atomic mass is 35.5. The van der Waals surface area contributed by atoms with Crippen molar-refractivity contribution in [3.63, 3.8) is 0 Å². The van der Waals surface area contributed by atoms with Gasteiger partial charge < -0.3 is 10.1 Å². The average Bonchev–Trinajstić information content (AvgIpc) is 3.23. The minimum atomic E-state index is -0.308. The Hall–Kier alpha value is -2.51. The van der Waals surface area contributed by atoms with Crippen LogP contribution >= 0.6 is 23.4 Å². The number of ether oxygens (including phenoxy) is 1. The molecule has 8 heteroatoms. The van der Waals surface area contributed by atoms with Crippen LogP contribution in [0.25, 0.3) is 17.1 Å². The number of hydrogen-bond donors (Lipinski definition) is 1. The van der Waals surface area contributed by atoms with Crippen LogP contribution < -0.4 is 10.1 Å². The molecule has 0 unspecified atom stereocenters. The molecule has 1 amide bonds. The third kappa shape index (κ3) is 5.10. The standard InChI is InChI=1S/C24H27ClN4O2S/c1-16(23(30)26-17-8-4-3-5-9-17)32-24-28-27-22(20-10-6-7-11-21(20)25)29(24)18-12-14-19(31-2)15-13-18/h6-7,10-17H,3-5,8-9H2,1-2H3,(H,26,30)/t16-/m1/s1. The summed E-state index contributed by atoms with van der Waals surface area (Å²) >= 11 is 7.86. The number of methoxy groups -OCH3 is 1. The van der Waals surface area contributed by atoms with Gasteiger partial charge in [-0.15, -0.1) is 10.2 Å². The number of nitrogens with one attached hydrogen (secondary N) is 1. The van der Waals surface area contributed by atoms with Gasteiger partial charge in [0.05, 0.1) is 17.4 Å². The van der Waals surface area contributed by atoms with E-state index in [4.69, 9.17) is 16.3 Å². The first kappa shape index (κ1) is 22.7. The zero-order valence-electron chi connectivity index (χ0n) is 18.3. The predicted molar refractivity (Wildman–Crippen MR) is 129 cm³/mol. The number of halogens is 1. The lowest BCUT2D eigenvalue weighted by Gasteiger charge is -2.24. The first-order chi connectivity index (χ1) is 15.6. The molecule has 0 spiro atoms. The van der Waals surface area contributed by atoms with Gasteiger partial charge in [-0.25, -0.2) is 0 Å². The molecular weight excluding hydrogens is 444 g/mol. The summed E-state index contributed by atoms with van der Waals surface area (Å²) in [4.78, 5) is 12.9. The maximum Gasteiger partial charge on any atom is 0.233 e. The van der Waals surface area contributed by atoms with Crippen molar-refractivity contribution >= 4 is 29.3 Å². The van der Waals surface area contributed by atoms with Gasteiger partial charge >= 0.3 is 0 Å². The fourth-order valence-corrected chi connectivity index (χ4v) is 5.00. The fourth-order valence-electron chi connectivity index (χ4n) is 3.90. The molecule has 3 aromatic rings. The van der Waals surface area contributed by atoms with Crippen LogP contribution in [-0.4, -0.2) is 39.1 Å². The van der Waals surface area contributed by atoms with Gasteiger partial charge in [0.25, 0.3) is 0 Å². The molecule has 4 rings (SSSR count). The number of hydrogen-bond acceptors (Lipinski definition) is 5. The lowest BCUT2D eigenvalue weighted by Crippen LogP contribution is -2.40. The Morgan fingerprint density at radius 1 is 1.12 bits per heavy atom. The summed E-state index contributed by atoms with van der Waals surface area (Å²) in [6.45, 7) is 1.91. The van der Waals surface area contributed by atoms with Crippen LogP contribution in [0.1, 0.15) is 39.0 Å². The lowest BCUT2D eigenvalue weighted by molar-refractivity contribution is -0.121. The SMILES string of the molecule is COc1ccc(-n2c(S[C@H](C)C(=O)NC3CCCCC3)nnc2-c2ccccc2Cl)cc1. The van der Waals surface area contributed by atoms with Crippen LogP contribution in [0.2, 0.25) is 5.02 Å². The van der Waals surface area contributed by atoms with Crippen molar-refractivity contribution in [1.82, 2.24) is 20.1 Å². The third-order valence-electron chi connectivity index (χ3n) is 5.68. The first-order valence-corrected chi connectivity index (χ1v) is 12.1. The minimum Gasteiger partial charge on any atom is -0.497 e. The van der Waals surface area contributed by atoms with Crippen LogP contribution in [0.5, 0.6) is 5.75 Å². The second-order valence-corrected chi connectivity index (χ2v) is 9.64. The highest BCUT2D eigenvalue weighted by molar-refractivity contribution is 8.00. The van der Waals surface area contributed by atoms with Crippen molar-refractivity contribution in [2.24, 2.45) is 0 Å². The Labute approximate surface area is 197 Å². The van der Waals surface area contributed by atoms with Crippen LogP contribution in [-0.2, 0) is 4.79 Å². The van der Waals surface area contributed by atoms with Crippen LogP contribution in [0.4, 0.5) is 0 Å². The van der Waals surface area contributed by atoms with E-state index in [0.29, 0.717) is 16.0 Å². The topological polar surface area (TPSA) is 69.0 Å². The van der Waals surface area contributed by atoms with Gasteiger partial charge in [-0.1, -0.05) is 54.8 Å². The number of amides is 1. The van der Waals surface area contributed by atoms with Crippen molar-refractivity contribution in [2.75, 3.05) is 7.11 Å². The molecule has 1 aliphatic rings. The predicted octanol–water partition coefficient (Wildman–Crippen LogP) is 5.53. The molecule has 2 aromatic carbocycles. The zero-order chi connectivity index (χ0) is 22.5. The Balaban J connectivity index is 1.64. The largest absolute Gasteiger partial charge is 0.497 e. The van der Waals surface area contributed by atoms with Gasteiger partial charge in [-0.3, -0.25) is 9.36 Å². The highest BCUT2D eigenvalue weighted by Crippen LogP contribution is 2.33. The number of carbonyl (C=O) groups excluding carboxylic acids is 1. The summed E-state index contributed by atoms with van der Waals surface area (Å²) in [5.74, 6) is 1.42. The first-order valence-electron chi connectivity index (χ1n) is 10.9. The number of nitrogens with zero attached hydrogens (tertiary/aromatic N) is 3. The van der Waals surface area contributed by atoms with Crippen LogP contribution in [0, 0.1) is 0 Å². The molecule has 0 radical (unpaired) electrons. The summed E-state index contributed by atoms with van der Waals surface area (Å²) in [6, 6.07) is 15.5. The summed E-state index contributed by atoms with van der Waals surface area (Å²) < 4.78 is 7.24. The van der Waals surface area contributed by atoms with Gasteiger partial charge in [-0.05, 0) is 56.2 Å². The number of aromatic nitrogens is 3. The molecule has 0 bridgehead atoms. The molecule has 168 valence electrons. The molecule has 32 heavy (non-hydrogen) atoms. The van der Waals surface area contributed by atoms with Gasteiger partial charge in [0.2, 0.25) is 5.91 Å². The smallest absolute Gasteiger partial charge is 0.233 e. The normalized spacial score (nSPS) is 15.3. The molecule has 0 aliphatic heterocycles. The molecule has 1 aliphatic carbocycles. The van der Waals surface area contributed by atoms with Crippen molar-refractivity contribution in [3.8, 4) is 22.8 Å². The molecule has 1 saturated carbocycles. The van der Waals surface area contributed by atoms with E-state index < -0.39 is 0 Å². The Morgan fingerprint density at radius 3 is 2.53 bits per heavy atom. The molecule has 1 fully saturated rings. The molecule has 1 heterocycles. The molecule has 1 aromatic heterocycles. The van der Waals surface area contributed by atoms with E-state index in [9.17, 15) is 4.79 Å². The molecule has 1 N–H and O–H groups in total. The van der Waals surface area contributed by atoms with E-state index >= 15 is 0 Å². The van der Waals surface area contributed by atoms with Crippen molar-refractivity contribution in [3.05, 3.63) is 53.6 Å². The van der Waals surface area contributed by atoms with Crippen LogP contribution in [0.3, 0.4) is 0 Å². The maximum atomic E-state index is 12.9. The number of carbonyl (C=O) groups is 1. The van der Waals surface area contributed by atoms with E-state index in [1.165, 1.54) is 31.0 Å². The third-order valence-corrected chi connectivity index (χ3v) is 7.05. The van der Waals surface area contributed by atoms with E-state index in [-0.39, 0.29) is 17.2 Å². The maximum absolute atomic E-state index is 12.9. The van der Waals surface area contributed by atoms with Gasteiger partial charge in [0, 0.05) is 17.3 Å². The van der Waals surface area contributed by atoms with Crippen molar-refractivity contribution in [1.29, 1.82) is 0 Å². The number of benzene rings is 2. The van der Waals surface area contributed by atoms with Crippen molar-refractivity contribution in [2.45, 2.75) is 55.5 Å². The summed E-state index contributed by atoms with van der Waals surface area (Å²) in [6.07, 6.45) is 5.73. The number of thioether (sulfide) groups is 1. The summed E-state index contributed by atoms with van der Waals surface area (Å²) in [5, 5.41) is 13.0. The van der Waals surface area contributed by atoms with E-state index in [1.54, 1.807) is 7.11 Å². The van der Waals surface area contributed by atoms with Crippen LogP contribution in [0.15, 0.2) is 53.7 Å².